The Morgan fingerprint density at radius 2 is 1.73 bits per heavy atom. The van der Waals surface area contributed by atoms with E-state index in [1.54, 1.807) is 0 Å². The molecule has 0 aliphatic carbocycles. The van der Waals surface area contributed by atoms with Gasteiger partial charge in [0.15, 0.2) is 0 Å². The minimum atomic E-state index is -0.707. The Kier molecular flexibility index (Phi) is 3.96. The molecule has 3 aromatic rings. The molecule has 5 rings (SSSR count). The van der Waals surface area contributed by atoms with Gasteiger partial charge in [-0.15, -0.1) is 0 Å². The van der Waals surface area contributed by atoms with Crippen molar-refractivity contribution in [2.24, 2.45) is 0 Å². The first kappa shape index (κ1) is 16.5. The van der Waals surface area contributed by atoms with Crippen molar-refractivity contribution in [3.05, 3.63) is 70.4 Å². The van der Waals surface area contributed by atoms with Gasteiger partial charge >= 0.3 is 0 Å². The van der Waals surface area contributed by atoms with E-state index in [0.717, 1.165) is 35.0 Å². The summed E-state index contributed by atoms with van der Waals surface area (Å²) in [5.41, 5.74) is 2.55. The summed E-state index contributed by atoms with van der Waals surface area (Å²) in [6.07, 6.45) is 5.85. The van der Waals surface area contributed by atoms with Gasteiger partial charge in [0, 0.05) is 34.1 Å². The number of hydrogen-bond acceptors (Lipinski definition) is 3. The normalized spacial score (nSPS) is 28.7. The summed E-state index contributed by atoms with van der Waals surface area (Å²) in [7, 11) is 0. The summed E-state index contributed by atoms with van der Waals surface area (Å²) >= 11 is 3.49. The minimum Gasteiger partial charge on any atom is -0.464 e. The number of benzene rings is 2. The van der Waals surface area contributed by atoms with E-state index < -0.39 is 5.60 Å². The molecule has 2 fully saturated rings. The van der Waals surface area contributed by atoms with Gasteiger partial charge in [-0.2, -0.15) is 0 Å². The van der Waals surface area contributed by atoms with Gasteiger partial charge in [0.25, 0.3) is 0 Å². The molecule has 1 unspecified atom stereocenters. The van der Waals surface area contributed by atoms with Crippen molar-refractivity contribution < 1.29 is 9.52 Å². The van der Waals surface area contributed by atoms with Crippen molar-refractivity contribution in [3.8, 4) is 0 Å². The topological polar surface area (TPSA) is 36.6 Å². The fraction of sp³-hybridized carbons (Fsp3) is 0.364. The molecule has 3 atom stereocenters. The van der Waals surface area contributed by atoms with E-state index in [2.05, 4.69) is 45.1 Å². The average molecular weight is 412 g/mol. The van der Waals surface area contributed by atoms with Crippen molar-refractivity contribution in [3.63, 3.8) is 0 Å². The van der Waals surface area contributed by atoms with E-state index >= 15 is 0 Å². The monoisotopic (exact) mass is 411 g/mol. The second-order valence-electron chi connectivity index (χ2n) is 7.76. The predicted molar refractivity (Wildman–Crippen MR) is 106 cm³/mol. The number of furan rings is 1. The number of para-hydroxylation sites is 1. The van der Waals surface area contributed by atoms with Gasteiger partial charge in [0.05, 0.1) is 11.9 Å². The smallest absolute Gasteiger partial charge is 0.134 e. The fourth-order valence-corrected chi connectivity index (χ4v) is 5.19. The molecule has 2 aromatic carbocycles. The van der Waals surface area contributed by atoms with Gasteiger partial charge in [-0.25, -0.2) is 0 Å². The van der Waals surface area contributed by atoms with Gasteiger partial charge in [-0.1, -0.05) is 46.3 Å². The maximum absolute atomic E-state index is 11.4. The van der Waals surface area contributed by atoms with Crippen molar-refractivity contribution in [2.75, 3.05) is 0 Å². The highest BCUT2D eigenvalue weighted by Gasteiger charge is 2.48. The number of halogens is 1. The molecule has 0 amide bonds. The van der Waals surface area contributed by atoms with E-state index in [0.29, 0.717) is 12.1 Å². The zero-order chi connectivity index (χ0) is 17.7. The lowest BCUT2D eigenvalue weighted by Gasteiger charge is -2.44. The van der Waals surface area contributed by atoms with Crippen LogP contribution < -0.4 is 0 Å². The molecule has 1 N–H and O–H groups in total. The summed E-state index contributed by atoms with van der Waals surface area (Å²) in [6.45, 7) is 0.906. The van der Waals surface area contributed by atoms with Crippen LogP contribution in [0.2, 0.25) is 0 Å². The average Bonchev–Trinajstić information content (AvgIpc) is 3.16. The number of hydrogen-bond donors (Lipinski definition) is 1. The summed E-state index contributed by atoms with van der Waals surface area (Å²) in [5, 5.41) is 12.6. The summed E-state index contributed by atoms with van der Waals surface area (Å²) in [5.74, 6) is 0. The first-order valence-corrected chi connectivity index (χ1v) is 10.1. The van der Waals surface area contributed by atoms with Crippen LogP contribution in [-0.2, 0) is 12.1 Å². The Labute approximate surface area is 161 Å². The molecule has 2 aliphatic heterocycles. The molecule has 4 heteroatoms. The van der Waals surface area contributed by atoms with E-state index in [1.807, 2.05) is 30.5 Å². The molecular formula is C22H22BrNO2. The van der Waals surface area contributed by atoms with Crippen LogP contribution in [0.3, 0.4) is 0 Å². The van der Waals surface area contributed by atoms with Crippen LogP contribution in [0.5, 0.6) is 0 Å². The quantitative estimate of drug-likeness (QED) is 0.642. The molecule has 3 nitrogen and oxygen atoms in total. The maximum atomic E-state index is 11.4. The van der Waals surface area contributed by atoms with Crippen LogP contribution in [0.25, 0.3) is 11.0 Å². The molecule has 3 heterocycles. The largest absolute Gasteiger partial charge is 0.464 e. The molecule has 134 valence electrons. The van der Waals surface area contributed by atoms with Crippen LogP contribution in [0, 0.1) is 0 Å². The lowest BCUT2D eigenvalue weighted by Crippen LogP contribution is -2.49. The summed E-state index contributed by atoms with van der Waals surface area (Å²) < 4.78 is 6.78. The van der Waals surface area contributed by atoms with Gasteiger partial charge < -0.3 is 9.52 Å². The Bertz CT molecular complexity index is 919. The van der Waals surface area contributed by atoms with E-state index in [1.165, 1.54) is 23.8 Å². The number of rotatable bonds is 3. The van der Waals surface area contributed by atoms with Crippen molar-refractivity contribution in [1.82, 2.24) is 4.90 Å². The van der Waals surface area contributed by atoms with E-state index in [4.69, 9.17) is 4.42 Å². The van der Waals surface area contributed by atoms with Crippen LogP contribution in [-0.4, -0.2) is 22.1 Å². The highest BCUT2D eigenvalue weighted by Crippen LogP contribution is 2.46. The third-order valence-corrected chi connectivity index (χ3v) is 6.74. The van der Waals surface area contributed by atoms with E-state index in [9.17, 15) is 5.11 Å². The number of piperidine rings is 1. The first-order valence-electron chi connectivity index (χ1n) is 9.32. The Morgan fingerprint density at radius 1 is 1.04 bits per heavy atom. The van der Waals surface area contributed by atoms with Crippen LogP contribution >= 0.6 is 15.9 Å². The van der Waals surface area contributed by atoms with Gasteiger partial charge in [-0.05, 0) is 49.4 Å². The van der Waals surface area contributed by atoms with Crippen molar-refractivity contribution in [2.45, 2.75) is 49.9 Å². The Hall–Kier alpha value is -1.62. The molecule has 0 radical (unpaired) electrons. The zero-order valence-electron chi connectivity index (χ0n) is 14.6. The second kappa shape index (κ2) is 6.22. The van der Waals surface area contributed by atoms with Gasteiger partial charge in [0.2, 0.25) is 0 Å². The van der Waals surface area contributed by atoms with Crippen LogP contribution in [0.1, 0.15) is 36.8 Å². The highest BCUT2D eigenvalue weighted by molar-refractivity contribution is 9.10. The van der Waals surface area contributed by atoms with Crippen LogP contribution in [0.15, 0.2) is 63.7 Å². The molecule has 26 heavy (non-hydrogen) atoms. The third-order valence-electron chi connectivity index (χ3n) is 6.21. The molecule has 1 aromatic heterocycles. The molecule has 2 saturated heterocycles. The highest BCUT2D eigenvalue weighted by atomic mass is 79.9. The number of fused-ring (bicyclic) bond motifs is 3. The Morgan fingerprint density at radius 3 is 2.46 bits per heavy atom. The van der Waals surface area contributed by atoms with Crippen molar-refractivity contribution in [1.29, 1.82) is 0 Å². The molecular weight excluding hydrogens is 390 g/mol. The molecule has 2 bridgehead atoms. The lowest BCUT2D eigenvalue weighted by molar-refractivity contribution is -0.0594. The standard InChI is InChI=1S/C22H22BrNO2/c23-17-7-5-16(6-8-17)22(25)11-18-9-10-19(12-22)24(18)13-15-14-26-21-4-2-1-3-20(15)21/h1-8,14,18-19,25H,9-13H2/t18-,19+,22?. The molecule has 2 aliphatic rings. The molecule has 0 saturated carbocycles. The zero-order valence-corrected chi connectivity index (χ0v) is 16.2. The Balaban J connectivity index is 1.40. The minimum absolute atomic E-state index is 0.427. The number of aliphatic hydroxyl groups is 1. The van der Waals surface area contributed by atoms with Gasteiger partial charge in [0.1, 0.15) is 5.58 Å². The lowest BCUT2D eigenvalue weighted by atomic mass is 9.80. The van der Waals surface area contributed by atoms with E-state index in [-0.39, 0.29) is 0 Å². The van der Waals surface area contributed by atoms with Crippen molar-refractivity contribution >= 4 is 26.9 Å². The predicted octanol–water partition coefficient (Wildman–Crippen LogP) is 5.21. The summed E-state index contributed by atoms with van der Waals surface area (Å²) in [4.78, 5) is 2.59. The van der Waals surface area contributed by atoms with Crippen LogP contribution in [0.4, 0.5) is 0 Å². The SMILES string of the molecule is OC1(c2ccc(Br)cc2)C[C@H]2CC[C@@H](C1)N2Cc1coc2ccccc12. The fourth-order valence-electron chi connectivity index (χ4n) is 4.92. The molecule has 0 spiro atoms. The first-order chi connectivity index (χ1) is 12.6. The second-order valence-corrected chi connectivity index (χ2v) is 8.68. The van der Waals surface area contributed by atoms with Gasteiger partial charge in [-0.3, -0.25) is 4.90 Å². The maximum Gasteiger partial charge on any atom is 0.134 e. The number of nitrogens with zero attached hydrogens (tertiary/aromatic N) is 1. The summed E-state index contributed by atoms with van der Waals surface area (Å²) in [6, 6.07) is 17.3. The third kappa shape index (κ3) is 2.72.